The molecular formula is C110H108ClFN6O21S3. The number of halogens is 2. The van der Waals surface area contributed by atoms with Crippen molar-refractivity contribution in [2.45, 2.75) is 125 Å². The van der Waals surface area contributed by atoms with Crippen LogP contribution in [-0.2, 0) is 86.0 Å². The van der Waals surface area contributed by atoms with E-state index in [0.717, 1.165) is 69.4 Å². The summed E-state index contributed by atoms with van der Waals surface area (Å²) >= 11 is 10.8. The van der Waals surface area contributed by atoms with Gasteiger partial charge in [-0.2, -0.15) is 0 Å². The number of likely N-dealkylation sites (N-methyl/N-ethyl adjacent to an activating group) is 1. The van der Waals surface area contributed by atoms with E-state index in [1.54, 1.807) is 125 Å². The van der Waals surface area contributed by atoms with Crippen molar-refractivity contribution < 1.29 is 105 Å². The summed E-state index contributed by atoms with van der Waals surface area (Å²) in [6.45, 7) is 14.6. The number of Topliss-reactive ketones (excluding diaryl/α,β-unsaturated/α-hetero) is 1. The van der Waals surface area contributed by atoms with Crippen LogP contribution in [0.5, 0.6) is 11.5 Å². The Balaban J connectivity index is 0.000000153. The third-order valence-corrected chi connectivity index (χ3v) is 27.4. The number of thiophene rings is 3. The fraction of sp³-hybridized carbons (Fsp3) is 0.255. The van der Waals surface area contributed by atoms with E-state index in [1.807, 2.05) is 136 Å². The molecule has 142 heavy (non-hydrogen) atoms. The van der Waals surface area contributed by atoms with E-state index in [1.165, 1.54) is 149 Å². The van der Waals surface area contributed by atoms with E-state index < -0.39 is 47.5 Å². The lowest BCUT2D eigenvalue weighted by molar-refractivity contribution is -0.138. The number of carbonyl (C=O) groups is 12. The molecule has 5 aromatic carbocycles. The van der Waals surface area contributed by atoms with Crippen LogP contribution in [0, 0.1) is 11.7 Å². The molecule has 10 heterocycles. The van der Waals surface area contributed by atoms with E-state index in [9.17, 15) is 67.0 Å². The molecule has 2 saturated carbocycles. The number of phenolic OH excluding ortho intramolecular Hbond substituents is 1. The van der Waals surface area contributed by atoms with Crippen molar-refractivity contribution >= 4 is 170 Å². The quantitative estimate of drug-likeness (QED) is 0.0340. The van der Waals surface area contributed by atoms with E-state index in [-0.39, 0.29) is 97.3 Å². The van der Waals surface area contributed by atoms with E-state index in [4.69, 9.17) is 49.2 Å². The van der Waals surface area contributed by atoms with Crippen LogP contribution in [-0.4, -0.2) is 149 Å². The lowest BCUT2D eigenvalue weighted by atomic mass is 9.94. The number of rotatable bonds is 19. The van der Waals surface area contributed by atoms with Crippen LogP contribution < -0.4 is 24.3 Å². The lowest BCUT2D eigenvalue weighted by Crippen LogP contribution is -2.37. The molecule has 0 radical (unpaired) electrons. The van der Waals surface area contributed by atoms with Gasteiger partial charge in [-0.05, 0) is 216 Å². The number of furan rings is 1. The number of nitrogens with zero attached hydrogens (tertiary/aromatic N) is 6. The number of amides is 5. The molecule has 0 atom stereocenters. The standard InChI is InChI=1S/C21H18FNO5.C21H21NO4.C19H21NO3.C18H14ClNO3S.C18H21NO3S.C13H13NO3S/c1-12-18(21(26)28-3)14(11-13-7-6-10-17(27-2)19(13)24)20(25)23(12)16-9-5-4-8-15(16)22;1-13(2)15-7-9-16(10-8-15)22-14(3)19(21(24)25-4)18(20(22)23)12-17-6-5-11-26-17;1-13-17(19(22)23-2)18(21)16(12-14-8-6-7-9-14)20(13)15-10-4-3-5-11-15;1-11-16(18(22)23-2)13(10-12-6-5-9-24-12)17(21)20(11)15-8-4-3-7-14(15)19;1-12-16(18(21)22-2)15(11-14-9-6-10-23-14)17(20)19(12)13-7-4-3-5-8-13;1-8-11(13(16)17-3)10(12(15)14(8)2)7-9-5-4-6-18-9/h4-11,24H,1-3H3;5-13H,1-4H3;3-5,10-12,14H,6-9H2,1-2H3;3-10H,1-2H3;6,9-11,13H,3-5,7-8H2,1-2H3;4-7H,1-3H3/b14-11-;18-12-;16-12+;13-10-;15-11-;10-7-. The maximum atomic E-state index is 14.3. The topological polar surface area (TPSA) is 322 Å². The van der Waals surface area contributed by atoms with Gasteiger partial charge in [0, 0.05) is 78.8 Å². The summed E-state index contributed by atoms with van der Waals surface area (Å²) in [6, 6.07) is 50.1. The molecular weight excluding hydrogens is 1890 g/mol. The Morgan fingerprint density at radius 1 is 0.423 bits per heavy atom. The molecule has 32 heteroatoms. The highest BCUT2D eigenvalue weighted by Gasteiger charge is 2.46. The van der Waals surface area contributed by atoms with Gasteiger partial charge in [-0.25, -0.2) is 33.2 Å². The SMILES string of the molecule is COC(=O)C1=C(C)N(C)C(=O)/C1=C\c1cccs1.COC(=O)C1=C(C)N(C2CCCCC2)C(=O)/C1=C\c1cccs1.COC(=O)C1=C(C)N(c2ccc(C(C)C)cc2)C(=O)/C1=C\c1ccco1.COC(=O)C1=C(C)N(c2ccccc2)/C(=C/C2CCCC2)C1=O.COC(=O)C1=C(C)N(c2ccccc2Cl)C(=O)/C1=C\c1cccs1.COC(=O)C1=C(C)N(c2ccccc2F)C(=O)/C1=C\c1cccc(OC)c1O. The fourth-order valence-electron chi connectivity index (χ4n) is 17.5. The highest BCUT2D eigenvalue weighted by Crippen LogP contribution is 2.45. The third-order valence-electron chi connectivity index (χ3n) is 24.7. The van der Waals surface area contributed by atoms with Crippen LogP contribution in [0.25, 0.3) is 30.4 Å². The van der Waals surface area contributed by atoms with Crippen molar-refractivity contribution in [2.24, 2.45) is 5.92 Å². The summed E-state index contributed by atoms with van der Waals surface area (Å²) in [7, 11) is 10.8. The molecule has 2 aliphatic carbocycles. The second-order valence-electron chi connectivity index (χ2n) is 33.5. The molecule has 1 N–H and O–H groups in total. The molecule has 27 nitrogen and oxygen atoms in total. The lowest BCUT2D eigenvalue weighted by Gasteiger charge is -2.32. The second kappa shape index (κ2) is 48.1. The van der Waals surface area contributed by atoms with Gasteiger partial charge in [-0.15, -0.1) is 34.0 Å². The van der Waals surface area contributed by atoms with E-state index in [2.05, 4.69) is 13.8 Å². The number of methoxy groups -OCH3 is 7. The number of aromatic hydroxyl groups is 1. The summed E-state index contributed by atoms with van der Waals surface area (Å²) in [5.41, 5.74) is 10.3. The predicted octanol–water partition coefficient (Wildman–Crippen LogP) is 21.4. The Bertz CT molecular complexity index is 6760. The number of hydrogen-bond donors (Lipinski definition) is 1. The minimum Gasteiger partial charge on any atom is -0.504 e. The minimum absolute atomic E-state index is 0.00188. The van der Waals surface area contributed by atoms with Gasteiger partial charge in [0.15, 0.2) is 11.5 Å². The second-order valence-corrected chi connectivity index (χ2v) is 36.8. The van der Waals surface area contributed by atoms with Crippen molar-refractivity contribution in [3.8, 4) is 11.5 Å². The summed E-state index contributed by atoms with van der Waals surface area (Å²) in [4.78, 5) is 162. The zero-order valence-corrected chi connectivity index (χ0v) is 84.5. The first-order valence-corrected chi connectivity index (χ1v) is 48.4. The fourth-order valence-corrected chi connectivity index (χ4v) is 19.6. The number of benzene rings is 5. The first-order valence-electron chi connectivity index (χ1n) is 45.4. The number of esters is 6. The summed E-state index contributed by atoms with van der Waals surface area (Å²) in [5, 5.41) is 16.5. The average Bonchev–Trinajstić information content (AvgIpc) is 1.65. The molecule has 6 aliphatic heterocycles. The monoisotopic (exact) mass is 2000 g/mol. The minimum atomic E-state index is -0.738. The molecule has 0 bridgehead atoms. The van der Waals surface area contributed by atoms with Crippen LogP contribution in [0.4, 0.5) is 27.1 Å². The summed E-state index contributed by atoms with van der Waals surface area (Å²) < 4.78 is 53.7. The first kappa shape index (κ1) is 106. The van der Waals surface area contributed by atoms with Gasteiger partial charge in [-0.1, -0.05) is 149 Å². The van der Waals surface area contributed by atoms with E-state index >= 15 is 0 Å². The molecule has 736 valence electrons. The molecule has 2 fully saturated rings. The van der Waals surface area contributed by atoms with Gasteiger partial charge >= 0.3 is 35.8 Å². The van der Waals surface area contributed by atoms with Gasteiger partial charge in [0.1, 0.15) is 17.2 Å². The van der Waals surface area contributed by atoms with Crippen LogP contribution in [0.2, 0.25) is 5.02 Å². The number of carbonyl (C=O) groups excluding carboxylic acids is 12. The van der Waals surface area contributed by atoms with Crippen LogP contribution in [0.15, 0.2) is 304 Å². The largest absolute Gasteiger partial charge is 0.504 e. The molecule has 9 aromatic rings. The van der Waals surface area contributed by atoms with Crippen molar-refractivity contribution in [1.29, 1.82) is 0 Å². The maximum absolute atomic E-state index is 14.3. The Hall–Kier alpha value is -15.2. The number of allylic oxidation sites excluding steroid dienone is 8. The van der Waals surface area contributed by atoms with Gasteiger partial charge in [0.05, 0.1) is 134 Å². The van der Waals surface area contributed by atoms with E-state index in [0.29, 0.717) is 90.3 Å². The number of ether oxygens (including phenoxy) is 7. The number of para-hydroxylation sites is 4. The number of hydrogen-bond acceptors (Lipinski definition) is 25. The van der Waals surface area contributed by atoms with Gasteiger partial charge in [0.2, 0.25) is 5.78 Å². The van der Waals surface area contributed by atoms with Crippen LogP contribution in [0.1, 0.15) is 151 Å². The Morgan fingerprint density at radius 3 is 1.32 bits per heavy atom. The van der Waals surface area contributed by atoms with Crippen molar-refractivity contribution in [2.75, 3.05) is 76.4 Å². The van der Waals surface area contributed by atoms with Crippen LogP contribution >= 0.6 is 45.6 Å². The first-order chi connectivity index (χ1) is 68.2. The van der Waals surface area contributed by atoms with Crippen molar-refractivity contribution in [3.05, 3.63) is 342 Å². The molecule has 8 aliphatic rings. The molecule has 0 spiro atoms. The molecule has 0 unspecified atom stereocenters. The van der Waals surface area contributed by atoms with Crippen molar-refractivity contribution in [3.63, 3.8) is 0 Å². The van der Waals surface area contributed by atoms with Crippen molar-refractivity contribution in [1.82, 2.24) is 9.80 Å². The van der Waals surface area contributed by atoms with Crippen LogP contribution in [0.3, 0.4) is 0 Å². The molecule has 5 amide bonds. The zero-order valence-electron chi connectivity index (χ0n) is 81.3. The highest BCUT2D eigenvalue weighted by molar-refractivity contribution is 7.11. The average molecular weight is 2000 g/mol. The molecule has 17 rings (SSSR count). The Morgan fingerprint density at radius 2 is 0.845 bits per heavy atom. The maximum Gasteiger partial charge on any atom is 0.343 e. The predicted molar refractivity (Wildman–Crippen MR) is 546 cm³/mol. The smallest absolute Gasteiger partial charge is 0.343 e. The summed E-state index contributed by atoms with van der Waals surface area (Å²) in [6.07, 6.45) is 21.8. The highest BCUT2D eigenvalue weighted by atomic mass is 35.5. The van der Waals surface area contributed by atoms with Gasteiger partial charge in [-0.3, -0.25) is 43.5 Å². The molecule has 4 aromatic heterocycles. The third kappa shape index (κ3) is 23.1. The zero-order chi connectivity index (χ0) is 103. The Kier molecular flexibility index (Phi) is 35.8. The number of ketones is 1. The number of phenols is 1. The number of anilines is 4. The Labute approximate surface area is 839 Å². The van der Waals surface area contributed by atoms with Gasteiger partial charge in [0.25, 0.3) is 29.5 Å². The van der Waals surface area contributed by atoms with Gasteiger partial charge < -0.3 is 57.4 Å². The normalized spacial score (nSPS) is 17.8. The summed E-state index contributed by atoms with van der Waals surface area (Å²) in [5.74, 6) is -4.24. The molecule has 0 saturated heterocycles.